The summed E-state index contributed by atoms with van der Waals surface area (Å²) < 4.78 is 55.1. The third-order valence-electron chi connectivity index (χ3n) is 16.3. The smallest absolute Gasteiger partial charge is 0.429 e. The summed E-state index contributed by atoms with van der Waals surface area (Å²) in [6.45, 7) is 29.0. The molecular formula is C75H117N7O22. The molecule has 0 aliphatic carbocycles. The van der Waals surface area contributed by atoms with Gasteiger partial charge in [0.25, 0.3) is 17.5 Å². The molecule has 3 rings (SSSR count). The number of nitro benzene ring substituents is 1. The second-order valence-electron chi connectivity index (χ2n) is 24.0. The van der Waals surface area contributed by atoms with Crippen molar-refractivity contribution in [2.24, 2.45) is 0 Å². The van der Waals surface area contributed by atoms with E-state index < -0.39 is 46.9 Å². The maximum atomic E-state index is 14.0. The summed E-state index contributed by atoms with van der Waals surface area (Å²) in [5, 5.41) is 20.6. The van der Waals surface area contributed by atoms with E-state index in [1.807, 2.05) is 41.5 Å². The minimum absolute atomic E-state index is 0.00748. The molecule has 3 aromatic rings. The van der Waals surface area contributed by atoms with E-state index in [9.17, 15) is 58.4 Å². The fraction of sp³-hybridized carbons (Fsp3) is 0.640. The topological polar surface area (TPSA) is 329 Å². The Labute approximate surface area is 614 Å². The third kappa shape index (κ3) is 38.8. The molecule has 0 spiro atoms. The van der Waals surface area contributed by atoms with Crippen LogP contribution in [0.3, 0.4) is 0 Å². The molecule has 0 radical (unpaired) electrons. The Bertz CT molecular complexity index is 3000. The van der Waals surface area contributed by atoms with Crippen molar-refractivity contribution >= 4 is 59.2 Å². The summed E-state index contributed by atoms with van der Waals surface area (Å²) in [6.07, 6.45) is 5.95. The number of unbranched alkanes of at least 4 members (excludes halogenated alkanes) is 2. The van der Waals surface area contributed by atoms with Gasteiger partial charge in [-0.15, -0.1) is 0 Å². The number of hydrogen-bond acceptors (Lipinski definition) is 24. The first-order valence-electron chi connectivity index (χ1n) is 36.6. The number of amides is 6. The fourth-order valence-electron chi connectivity index (χ4n) is 10.1. The van der Waals surface area contributed by atoms with Gasteiger partial charge in [0.15, 0.2) is 0 Å². The Morgan fingerprint density at radius 3 is 1.15 bits per heavy atom. The minimum atomic E-state index is -1.10. The highest BCUT2D eigenvalue weighted by atomic mass is 16.7. The Morgan fingerprint density at radius 1 is 0.423 bits per heavy atom. The average molecular weight is 1470 g/mol. The number of carbonyl (C=O) groups is 9. The van der Waals surface area contributed by atoms with Crippen molar-refractivity contribution in [3.8, 4) is 17.2 Å². The number of rotatable bonds is 55. The molecule has 104 heavy (non-hydrogen) atoms. The summed E-state index contributed by atoms with van der Waals surface area (Å²) in [5.41, 5.74) is 0.521. The number of benzene rings is 3. The Kier molecular flexibility index (Phi) is 50.1. The molecule has 3 aromatic carbocycles. The second kappa shape index (κ2) is 56.5. The Balaban J connectivity index is 0.000000726. The van der Waals surface area contributed by atoms with Gasteiger partial charge < -0.3 is 72.1 Å². The van der Waals surface area contributed by atoms with Gasteiger partial charge in [-0.05, 0) is 139 Å². The van der Waals surface area contributed by atoms with Crippen LogP contribution in [-0.2, 0) is 65.5 Å². The molecule has 29 heteroatoms. The summed E-state index contributed by atoms with van der Waals surface area (Å²) in [6, 6.07) is 13.6. The van der Waals surface area contributed by atoms with E-state index >= 15 is 0 Å². The molecule has 0 aliphatic heterocycles. The van der Waals surface area contributed by atoms with Gasteiger partial charge in [-0.25, -0.2) is 14.4 Å². The van der Waals surface area contributed by atoms with Gasteiger partial charge in [0.2, 0.25) is 11.8 Å². The van der Waals surface area contributed by atoms with E-state index in [4.69, 9.17) is 47.4 Å². The van der Waals surface area contributed by atoms with Crippen molar-refractivity contribution < 1.29 is 101 Å². The SMILES string of the molecule is CCCC(=O)CCCCOCCOCCOCCCN(C(C)=O)C(=O)c1cc(CO)ccc1OC(=O)N(CC)CCN(CC)CC.CCCC(=O)CCCCOCCOCCOCCCN(C(C)=O)C(=O)c1cc(COC(=O)Oc2ccc([N+](=O)[O-])cc2)ccc1OC(=O)N(CC)CCN(CC)CC. The molecule has 584 valence electrons. The summed E-state index contributed by atoms with van der Waals surface area (Å²) in [7, 11) is 0. The highest BCUT2D eigenvalue weighted by molar-refractivity contribution is 6.07. The van der Waals surface area contributed by atoms with Crippen LogP contribution in [0, 0.1) is 10.1 Å². The lowest BCUT2D eigenvalue weighted by atomic mass is 10.1. The first-order valence-corrected chi connectivity index (χ1v) is 36.6. The van der Waals surface area contributed by atoms with Crippen molar-refractivity contribution in [1.29, 1.82) is 0 Å². The van der Waals surface area contributed by atoms with Crippen LogP contribution in [0.1, 0.15) is 178 Å². The van der Waals surface area contributed by atoms with Gasteiger partial charge in [0, 0.05) is 130 Å². The van der Waals surface area contributed by atoms with Gasteiger partial charge in [0.1, 0.15) is 35.4 Å². The summed E-state index contributed by atoms with van der Waals surface area (Å²) in [4.78, 5) is 134. The number of ketones is 2. The number of likely N-dealkylation sites (N-methyl/N-ethyl adjacent to an activating group) is 4. The van der Waals surface area contributed by atoms with Crippen molar-refractivity contribution in [2.45, 2.75) is 160 Å². The summed E-state index contributed by atoms with van der Waals surface area (Å²) >= 11 is 0. The van der Waals surface area contributed by atoms with Crippen molar-refractivity contribution in [3.05, 3.63) is 93.0 Å². The largest absolute Gasteiger partial charge is 0.514 e. The zero-order valence-electron chi connectivity index (χ0n) is 63.3. The van der Waals surface area contributed by atoms with E-state index in [0.29, 0.717) is 173 Å². The van der Waals surface area contributed by atoms with E-state index in [1.165, 1.54) is 73.3 Å². The van der Waals surface area contributed by atoms with Gasteiger partial charge in [-0.3, -0.25) is 48.7 Å². The minimum Gasteiger partial charge on any atom is -0.429 e. The van der Waals surface area contributed by atoms with Crippen LogP contribution in [0.4, 0.5) is 20.1 Å². The van der Waals surface area contributed by atoms with E-state index in [1.54, 1.807) is 11.0 Å². The number of nitrogens with zero attached hydrogens (tertiary/aromatic N) is 7. The van der Waals surface area contributed by atoms with Crippen LogP contribution < -0.4 is 14.2 Å². The molecular weight excluding hydrogens is 1350 g/mol. The molecule has 0 bridgehead atoms. The molecule has 1 N–H and O–H groups in total. The van der Waals surface area contributed by atoms with Gasteiger partial charge in [-0.2, -0.15) is 0 Å². The molecule has 29 nitrogen and oxygen atoms in total. The highest BCUT2D eigenvalue weighted by Gasteiger charge is 2.28. The number of aliphatic hydroxyl groups excluding tert-OH is 1. The molecule has 0 saturated carbocycles. The highest BCUT2D eigenvalue weighted by Crippen LogP contribution is 2.27. The van der Waals surface area contributed by atoms with E-state index in [2.05, 4.69) is 23.6 Å². The molecule has 0 atom stereocenters. The van der Waals surface area contributed by atoms with E-state index in [-0.39, 0.29) is 67.0 Å². The maximum Gasteiger partial charge on any atom is 0.514 e. The molecule has 0 unspecified atom stereocenters. The molecule has 0 aliphatic rings. The number of hydrogen-bond donors (Lipinski definition) is 1. The van der Waals surface area contributed by atoms with Crippen LogP contribution >= 0.6 is 0 Å². The van der Waals surface area contributed by atoms with Gasteiger partial charge >= 0.3 is 18.3 Å². The monoisotopic (exact) mass is 1470 g/mol. The third-order valence-corrected chi connectivity index (χ3v) is 16.3. The number of carbonyl (C=O) groups excluding carboxylic acids is 9. The second-order valence-corrected chi connectivity index (χ2v) is 24.0. The lowest BCUT2D eigenvalue weighted by Crippen LogP contribution is -2.40. The fourth-order valence-corrected chi connectivity index (χ4v) is 10.1. The first kappa shape index (κ1) is 92.2. The van der Waals surface area contributed by atoms with Crippen molar-refractivity contribution in [1.82, 2.24) is 29.4 Å². The van der Waals surface area contributed by atoms with Crippen LogP contribution in [-0.4, -0.2) is 251 Å². The number of nitro groups is 1. The lowest BCUT2D eigenvalue weighted by Gasteiger charge is -2.25. The van der Waals surface area contributed by atoms with Gasteiger partial charge in [-0.1, -0.05) is 53.7 Å². The number of Topliss-reactive ketones (excluding diaryl/α,β-unsaturated/α-hetero) is 2. The molecule has 0 heterocycles. The Morgan fingerprint density at radius 2 is 0.798 bits per heavy atom. The maximum absolute atomic E-state index is 14.0. The van der Waals surface area contributed by atoms with E-state index in [0.717, 1.165) is 74.5 Å². The van der Waals surface area contributed by atoms with Crippen molar-refractivity contribution in [2.75, 3.05) is 158 Å². The normalized spacial score (nSPS) is 11.0. The molecule has 0 saturated heterocycles. The summed E-state index contributed by atoms with van der Waals surface area (Å²) in [5.74, 6) is -1.78. The van der Waals surface area contributed by atoms with Crippen LogP contribution in [0.25, 0.3) is 0 Å². The van der Waals surface area contributed by atoms with Gasteiger partial charge in [0.05, 0.1) is 75.5 Å². The predicted molar refractivity (Wildman–Crippen MR) is 390 cm³/mol. The van der Waals surface area contributed by atoms with Crippen LogP contribution in [0.15, 0.2) is 60.7 Å². The number of aliphatic hydroxyl groups is 1. The molecule has 6 amide bonds. The first-order chi connectivity index (χ1) is 50.1. The Hall–Kier alpha value is -7.87. The van der Waals surface area contributed by atoms with Crippen molar-refractivity contribution in [3.63, 3.8) is 0 Å². The molecule has 0 fully saturated rings. The average Bonchev–Trinajstić information content (AvgIpc) is 0.815. The zero-order valence-corrected chi connectivity index (χ0v) is 63.3. The van der Waals surface area contributed by atoms with Crippen LogP contribution in [0.2, 0.25) is 0 Å². The predicted octanol–water partition coefficient (Wildman–Crippen LogP) is 10.8. The number of imide groups is 2. The molecule has 0 aromatic heterocycles. The van der Waals surface area contributed by atoms with Crippen LogP contribution in [0.5, 0.6) is 17.2 Å². The lowest BCUT2D eigenvalue weighted by molar-refractivity contribution is -0.384. The number of ether oxygens (including phenoxy) is 10. The standard InChI is InChI=1S/C41H60N4O13.C34H57N3O9/c1-6-13-35(47)14-10-11-24-53-26-28-55-29-27-54-25-12-21-44(32(5)46)39(48)37-30-33(31-56-41(50)57-36-18-16-34(17-19-36)45(51)52)15-20-38(37)58-40(49)43(9-4)23-22-42(7-2)8-3;1-6-13-30(40)14-10-11-20-43-22-24-45-25-23-44-21-12-17-37(28(5)39)33(41)31-26-29(27-38)15-16-32(31)46-34(42)36(9-4)19-18-35(7-2)8-3/h15-20,30H,6-14,21-29,31H2,1-5H3;15-16,26,38H,6-14,17-25,27H2,1-5H3. The quantitative estimate of drug-likeness (QED) is 0.0180. The zero-order chi connectivity index (χ0) is 76.9. The number of non-ortho nitro benzene ring substituents is 1.